The maximum absolute atomic E-state index is 11.8. The molecule has 1 aliphatic rings. The number of carbonyl (C=O) groups is 2. The fraction of sp³-hybridized carbons (Fsp3) is 0.818. The summed E-state index contributed by atoms with van der Waals surface area (Å²) in [6.07, 6.45) is 0.470. The molecule has 5 nitrogen and oxygen atoms in total. The van der Waals surface area contributed by atoms with E-state index in [4.69, 9.17) is 5.11 Å². The van der Waals surface area contributed by atoms with Gasteiger partial charge in [-0.2, -0.15) is 11.8 Å². The lowest BCUT2D eigenvalue weighted by molar-refractivity contribution is -0.141. The van der Waals surface area contributed by atoms with Crippen molar-refractivity contribution in [1.82, 2.24) is 10.2 Å². The zero-order valence-corrected chi connectivity index (χ0v) is 11.1. The Morgan fingerprint density at radius 2 is 2.29 bits per heavy atom. The number of carboxylic acid groups (broad SMARTS) is 1. The number of carboxylic acids is 1. The predicted molar refractivity (Wildman–Crippen MR) is 68.3 cm³/mol. The summed E-state index contributed by atoms with van der Waals surface area (Å²) in [5.74, 6) is 0.717. The molecule has 0 aromatic carbocycles. The van der Waals surface area contributed by atoms with Crippen LogP contribution in [-0.2, 0) is 4.79 Å². The molecular formula is C11H20N2O3S. The van der Waals surface area contributed by atoms with Crippen LogP contribution >= 0.6 is 11.8 Å². The first-order valence-electron chi connectivity index (χ1n) is 5.87. The number of nitrogens with one attached hydrogen (secondary N) is 1. The minimum absolute atomic E-state index is 0.0737. The van der Waals surface area contributed by atoms with Gasteiger partial charge in [-0.3, -0.25) is 4.79 Å². The highest BCUT2D eigenvalue weighted by Gasteiger charge is 2.23. The fourth-order valence-electron chi connectivity index (χ4n) is 1.65. The second kappa shape index (κ2) is 6.74. The summed E-state index contributed by atoms with van der Waals surface area (Å²) >= 11 is 1.86. The first kappa shape index (κ1) is 14.2. The molecule has 0 radical (unpaired) electrons. The maximum atomic E-state index is 11.8. The molecule has 98 valence electrons. The molecule has 1 fully saturated rings. The van der Waals surface area contributed by atoms with E-state index in [2.05, 4.69) is 5.32 Å². The average Bonchev–Trinajstić information content (AvgIpc) is 2.29. The van der Waals surface area contributed by atoms with Crippen molar-refractivity contribution < 1.29 is 14.7 Å². The van der Waals surface area contributed by atoms with Crippen LogP contribution in [0.2, 0.25) is 0 Å². The Labute approximate surface area is 106 Å². The van der Waals surface area contributed by atoms with E-state index < -0.39 is 11.9 Å². The van der Waals surface area contributed by atoms with E-state index in [9.17, 15) is 9.59 Å². The summed E-state index contributed by atoms with van der Waals surface area (Å²) in [7, 11) is 0. The second-order valence-corrected chi connectivity index (χ2v) is 5.53. The minimum Gasteiger partial charge on any atom is -0.481 e. The lowest BCUT2D eigenvalue weighted by Crippen LogP contribution is -2.49. The van der Waals surface area contributed by atoms with Crippen molar-refractivity contribution in [2.45, 2.75) is 26.3 Å². The molecule has 0 aromatic heterocycles. The number of hydrogen-bond donors (Lipinski definition) is 2. The van der Waals surface area contributed by atoms with Gasteiger partial charge in [0, 0.05) is 30.6 Å². The smallest absolute Gasteiger partial charge is 0.317 e. The van der Waals surface area contributed by atoms with Gasteiger partial charge in [0.25, 0.3) is 0 Å². The first-order valence-corrected chi connectivity index (χ1v) is 7.03. The lowest BCUT2D eigenvalue weighted by Gasteiger charge is -2.33. The van der Waals surface area contributed by atoms with Gasteiger partial charge in [-0.05, 0) is 13.3 Å². The third-order valence-corrected chi connectivity index (χ3v) is 4.09. The number of carbonyl (C=O) groups excluding carboxylic acids is 1. The fourth-order valence-corrected chi connectivity index (χ4v) is 2.66. The van der Waals surface area contributed by atoms with Crippen LogP contribution in [0.3, 0.4) is 0 Å². The molecule has 0 aromatic rings. The van der Waals surface area contributed by atoms with Crippen molar-refractivity contribution >= 4 is 23.8 Å². The predicted octanol–water partition coefficient (Wildman–Crippen LogP) is 1.24. The Bertz CT molecular complexity index is 286. The Balaban J connectivity index is 2.26. The molecule has 2 N–H and O–H groups in total. The van der Waals surface area contributed by atoms with Gasteiger partial charge in [-0.15, -0.1) is 0 Å². The molecule has 0 aliphatic carbocycles. The molecule has 2 atom stereocenters. The summed E-state index contributed by atoms with van der Waals surface area (Å²) in [6.45, 7) is 4.87. The summed E-state index contributed by atoms with van der Waals surface area (Å²) in [5.41, 5.74) is 0. The third-order valence-electron chi connectivity index (χ3n) is 2.90. The lowest BCUT2D eigenvalue weighted by atomic mass is 10.1. The number of aliphatic carboxylic acids is 1. The normalized spacial score (nSPS) is 22.0. The van der Waals surface area contributed by atoms with E-state index in [-0.39, 0.29) is 12.1 Å². The van der Waals surface area contributed by atoms with E-state index in [1.54, 1.807) is 6.92 Å². The molecule has 17 heavy (non-hydrogen) atoms. The molecule has 1 aliphatic heterocycles. The number of hydrogen-bond acceptors (Lipinski definition) is 3. The van der Waals surface area contributed by atoms with Crippen LogP contribution < -0.4 is 5.32 Å². The van der Waals surface area contributed by atoms with E-state index in [1.165, 1.54) is 0 Å². The molecule has 0 bridgehead atoms. The Hall–Kier alpha value is -0.910. The van der Waals surface area contributed by atoms with Crippen molar-refractivity contribution in [2.75, 3.05) is 24.6 Å². The highest BCUT2D eigenvalue weighted by atomic mass is 32.2. The van der Waals surface area contributed by atoms with Gasteiger partial charge in [0.05, 0.1) is 5.92 Å². The zero-order chi connectivity index (χ0) is 12.8. The SMILES string of the molecule is CC(CCNC(=O)N1CCSCC1C)C(=O)O. The zero-order valence-electron chi connectivity index (χ0n) is 10.3. The molecule has 2 unspecified atom stereocenters. The van der Waals surface area contributed by atoms with E-state index >= 15 is 0 Å². The summed E-state index contributed by atoms with van der Waals surface area (Å²) < 4.78 is 0. The number of rotatable bonds is 4. The van der Waals surface area contributed by atoms with Crippen LogP contribution in [0.15, 0.2) is 0 Å². The number of thioether (sulfide) groups is 1. The van der Waals surface area contributed by atoms with Crippen LogP contribution in [0, 0.1) is 5.92 Å². The molecular weight excluding hydrogens is 240 g/mol. The van der Waals surface area contributed by atoms with Gasteiger partial charge in [-0.25, -0.2) is 4.79 Å². The van der Waals surface area contributed by atoms with Gasteiger partial charge in [0.1, 0.15) is 0 Å². The quantitative estimate of drug-likeness (QED) is 0.798. The van der Waals surface area contributed by atoms with Gasteiger partial charge < -0.3 is 15.3 Å². The second-order valence-electron chi connectivity index (χ2n) is 4.38. The van der Waals surface area contributed by atoms with Crippen molar-refractivity contribution in [3.8, 4) is 0 Å². The van der Waals surface area contributed by atoms with Gasteiger partial charge in [-0.1, -0.05) is 6.92 Å². The summed E-state index contributed by atoms with van der Waals surface area (Å²) in [6, 6.07) is 0.182. The van der Waals surface area contributed by atoms with Crippen LogP contribution in [0.4, 0.5) is 4.79 Å². The highest BCUT2D eigenvalue weighted by Crippen LogP contribution is 2.15. The van der Waals surface area contributed by atoms with Crippen molar-refractivity contribution in [3.05, 3.63) is 0 Å². The molecule has 1 rings (SSSR count). The number of urea groups is 1. The Morgan fingerprint density at radius 3 is 2.88 bits per heavy atom. The largest absolute Gasteiger partial charge is 0.481 e. The van der Waals surface area contributed by atoms with Crippen molar-refractivity contribution in [2.24, 2.45) is 5.92 Å². The Kier molecular flexibility index (Phi) is 5.61. The summed E-state index contributed by atoms with van der Waals surface area (Å²) in [5, 5.41) is 11.5. The van der Waals surface area contributed by atoms with Crippen molar-refractivity contribution in [1.29, 1.82) is 0 Å². The third kappa shape index (κ3) is 4.46. The minimum atomic E-state index is -0.818. The molecule has 0 saturated carbocycles. The molecule has 6 heteroatoms. The van der Waals surface area contributed by atoms with Gasteiger partial charge in [0.2, 0.25) is 0 Å². The number of nitrogens with zero attached hydrogens (tertiary/aromatic N) is 1. The molecule has 0 spiro atoms. The van der Waals surface area contributed by atoms with E-state index in [0.717, 1.165) is 18.1 Å². The highest BCUT2D eigenvalue weighted by molar-refractivity contribution is 7.99. The molecule has 1 heterocycles. The van der Waals surface area contributed by atoms with Crippen LogP contribution in [0.25, 0.3) is 0 Å². The number of amides is 2. The Morgan fingerprint density at radius 1 is 1.59 bits per heavy atom. The first-order chi connectivity index (χ1) is 8.02. The van der Waals surface area contributed by atoms with Crippen LogP contribution in [-0.4, -0.2) is 52.6 Å². The van der Waals surface area contributed by atoms with Crippen LogP contribution in [0.1, 0.15) is 20.3 Å². The monoisotopic (exact) mass is 260 g/mol. The summed E-state index contributed by atoms with van der Waals surface area (Å²) in [4.78, 5) is 24.2. The maximum Gasteiger partial charge on any atom is 0.317 e. The van der Waals surface area contributed by atoms with Crippen LogP contribution in [0.5, 0.6) is 0 Å². The standard InChI is InChI=1S/C11H20N2O3S/c1-8(10(14)15)3-4-12-11(16)13-5-6-17-7-9(13)2/h8-9H,3-7H2,1-2H3,(H,12,16)(H,14,15). The van der Waals surface area contributed by atoms with Crippen molar-refractivity contribution in [3.63, 3.8) is 0 Å². The topological polar surface area (TPSA) is 69.6 Å². The average molecular weight is 260 g/mol. The molecule has 2 amide bonds. The van der Waals surface area contributed by atoms with Gasteiger partial charge >= 0.3 is 12.0 Å². The van der Waals surface area contributed by atoms with E-state index in [0.29, 0.717) is 13.0 Å². The van der Waals surface area contributed by atoms with Gasteiger partial charge in [0.15, 0.2) is 0 Å². The van der Waals surface area contributed by atoms with E-state index in [1.807, 2.05) is 23.6 Å². The molecule has 1 saturated heterocycles.